The monoisotopic (exact) mass is 635 g/mol. The number of benzene rings is 3. The van der Waals surface area contributed by atoms with E-state index in [1.54, 1.807) is 25.1 Å². The number of aromatic nitrogens is 2. The Morgan fingerprint density at radius 1 is 0.872 bits per heavy atom. The van der Waals surface area contributed by atoms with Gasteiger partial charge in [-0.25, -0.2) is 0 Å². The highest BCUT2D eigenvalue weighted by Gasteiger charge is 2.44. The summed E-state index contributed by atoms with van der Waals surface area (Å²) < 4.78 is 17.1. The average Bonchev–Trinajstić information content (AvgIpc) is 3.55. The standard InChI is InChI=1S/C35H33N5O7/c1-19-38-39-34(45-19)47-25-11-6-21(7-12-25)35(2,3)20-4-9-24(10-5-20)46-26-16-23(17-26)36-22-8-13-27-28(18-22)33(44)40(32(27)43)29-14-15-30(41)37-31(29)42/h4-13,18,23,26,29,36H,14-17H2,1-3H3,(H,37,41,42)/t23-,26-,29?. The van der Waals surface area contributed by atoms with Gasteiger partial charge in [0.1, 0.15) is 23.6 Å². The predicted octanol–water partition coefficient (Wildman–Crippen LogP) is 4.92. The number of imide groups is 2. The Kier molecular flexibility index (Phi) is 7.50. The molecule has 2 N–H and O–H groups in total. The third-order valence-corrected chi connectivity index (χ3v) is 9.07. The van der Waals surface area contributed by atoms with Crippen LogP contribution in [0.5, 0.6) is 17.6 Å². The number of nitrogens with one attached hydrogen (secondary N) is 2. The maximum atomic E-state index is 13.1. The lowest BCUT2D eigenvalue weighted by molar-refractivity contribution is -0.136. The minimum atomic E-state index is -0.985. The van der Waals surface area contributed by atoms with Crippen molar-refractivity contribution in [3.8, 4) is 17.6 Å². The van der Waals surface area contributed by atoms with E-state index in [-0.39, 0.29) is 47.6 Å². The number of ether oxygens (including phenoxy) is 2. The van der Waals surface area contributed by atoms with Crippen LogP contribution < -0.4 is 20.1 Å². The summed E-state index contributed by atoms with van der Waals surface area (Å²) in [6, 6.07) is 20.1. The summed E-state index contributed by atoms with van der Waals surface area (Å²) >= 11 is 0. The van der Waals surface area contributed by atoms with Crippen LogP contribution in [0.3, 0.4) is 0 Å². The quantitative estimate of drug-likeness (QED) is 0.242. The molecule has 1 unspecified atom stereocenters. The number of anilines is 1. The van der Waals surface area contributed by atoms with Crippen molar-refractivity contribution in [2.24, 2.45) is 0 Å². The SMILES string of the molecule is Cc1nnc(Oc2ccc(C(C)(C)c3ccc(O[C@H]4C[C@H](Nc5ccc6c(c5)C(=O)N(C5CCC(=O)NC5=O)C6=O)C4)cc3)cc2)o1. The average molecular weight is 636 g/mol. The van der Waals surface area contributed by atoms with Crippen LogP contribution in [0.25, 0.3) is 0 Å². The van der Waals surface area contributed by atoms with Crippen molar-refractivity contribution in [3.05, 3.63) is 94.9 Å². The highest BCUT2D eigenvalue weighted by atomic mass is 16.6. The molecule has 3 aromatic carbocycles. The molecule has 1 atom stereocenters. The molecule has 4 aromatic rings. The van der Waals surface area contributed by atoms with Gasteiger partial charge >= 0.3 is 6.08 Å². The van der Waals surface area contributed by atoms with Gasteiger partial charge in [-0.3, -0.25) is 29.4 Å². The molecule has 0 radical (unpaired) electrons. The number of piperidine rings is 1. The molecule has 7 rings (SSSR count). The predicted molar refractivity (Wildman–Crippen MR) is 168 cm³/mol. The van der Waals surface area contributed by atoms with Gasteiger partial charge in [-0.05, 0) is 60.0 Å². The number of nitrogens with zero attached hydrogens (tertiary/aromatic N) is 3. The largest absolute Gasteiger partial charge is 0.490 e. The van der Waals surface area contributed by atoms with Gasteiger partial charge < -0.3 is 19.2 Å². The van der Waals surface area contributed by atoms with Crippen molar-refractivity contribution in [1.82, 2.24) is 20.4 Å². The summed E-state index contributed by atoms with van der Waals surface area (Å²) in [5.41, 5.74) is 3.23. The van der Waals surface area contributed by atoms with Crippen LogP contribution >= 0.6 is 0 Å². The third-order valence-electron chi connectivity index (χ3n) is 9.07. The van der Waals surface area contributed by atoms with E-state index < -0.39 is 29.7 Å². The highest BCUT2D eigenvalue weighted by molar-refractivity contribution is 6.23. The van der Waals surface area contributed by atoms with Crippen LogP contribution in [-0.4, -0.2) is 56.9 Å². The summed E-state index contributed by atoms with van der Waals surface area (Å²) in [7, 11) is 0. The van der Waals surface area contributed by atoms with E-state index in [4.69, 9.17) is 13.9 Å². The second-order valence-corrected chi connectivity index (χ2v) is 12.6. The van der Waals surface area contributed by atoms with E-state index in [0.717, 1.165) is 40.3 Å². The topological polar surface area (TPSA) is 153 Å². The maximum absolute atomic E-state index is 13.1. The zero-order chi connectivity index (χ0) is 32.9. The minimum absolute atomic E-state index is 0.0437. The fourth-order valence-electron chi connectivity index (χ4n) is 6.25. The fraction of sp³-hybridized carbons (Fsp3) is 0.314. The molecule has 47 heavy (non-hydrogen) atoms. The summed E-state index contributed by atoms with van der Waals surface area (Å²) in [4.78, 5) is 50.9. The van der Waals surface area contributed by atoms with Crippen LogP contribution in [0, 0.1) is 6.92 Å². The number of carbonyl (C=O) groups excluding carboxylic acids is 4. The molecule has 0 spiro atoms. The van der Waals surface area contributed by atoms with Gasteiger partial charge in [0.05, 0.1) is 11.1 Å². The van der Waals surface area contributed by atoms with Gasteiger partial charge in [0.25, 0.3) is 11.8 Å². The first-order valence-corrected chi connectivity index (χ1v) is 15.5. The van der Waals surface area contributed by atoms with Gasteiger partial charge in [-0.2, -0.15) is 0 Å². The molecule has 1 saturated carbocycles. The summed E-state index contributed by atoms with van der Waals surface area (Å²) in [5, 5.41) is 13.3. The van der Waals surface area contributed by atoms with Crippen LogP contribution in [0.2, 0.25) is 0 Å². The first-order chi connectivity index (χ1) is 22.5. The van der Waals surface area contributed by atoms with E-state index in [2.05, 4.69) is 46.8 Å². The molecule has 12 heteroatoms. The van der Waals surface area contributed by atoms with Crippen LogP contribution in [-0.2, 0) is 15.0 Å². The number of carbonyl (C=O) groups is 4. The Balaban J connectivity index is 0.920. The highest BCUT2D eigenvalue weighted by Crippen LogP contribution is 2.36. The molecular weight excluding hydrogens is 602 g/mol. The molecule has 12 nitrogen and oxygen atoms in total. The molecule has 2 aliphatic heterocycles. The van der Waals surface area contributed by atoms with E-state index in [1.807, 2.05) is 36.4 Å². The van der Waals surface area contributed by atoms with Gasteiger partial charge in [0.2, 0.25) is 17.7 Å². The van der Waals surface area contributed by atoms with Gasteiger partial charge in [-0.1, -0.05) is 43.2 Å². The first-order valence-electron chi connectivity index (χ1n) is 15.5. The van der Waals surface area contributed by atoms with Gasteiger partial charge in [0, 0.05) is 43.3 Å². The number of aryl methyl sites for hydroxylation is 1. The van der Waals surface area contributed by atoms with Crippen molar-refractivity contribution in [2.75, 3.05) is 5.32 Å². The Hall–Kier alpha value is -5.52. The number of fused-ring (bicyclic) bond motifs is 1. The summed E-state index contributed by atoms with van der Waals surface area (Å²) in [6.45, 7) is 6.03. The molecule has 1 aliphatic carbocycles. The Morgan fingerprint density at radius 3 is 2.17 bits per heavy atom. The van der Waals surface area contributed by atoms with Crippen LogP contribution in [0.1, 0.15) is 77.3 Å². The zero-order valence-electron chi connectivity index (χ0n) is 26.1. The fourth-order valence-corrected chi connectivity index (χ4v) is 6.25. The molecule has 3 aliphatic rings. The smallest absolute Gasteiger partial charge is 0.420 e. The van der Waals surface area contributed by atoms with Crippen molar-refractivity contribution < 1.29 is 33.1 Å². The second kappa shape index (κ2) is 11.7. The third kappa shape index (κ3) is 5.82. The Bertz CT molecular complexity index is 1880. The van der Waals surface area contributed by atoms with E-state index >= 15 is 0 Å². The molecule has 240 valence electrons. The summed E-state index contributed by atoms with van der Waals surface area (Å²) in [5.74, 6) is -0.218. The first kappa shape index (κ1) is 30.2. The number of hydrogen-bond donors (Lipinski definition) is 2. The van der Waals surface area contributed by atoms with Crippen molar-refractivity contribution >= 4 is 29.3 Å². The number of hydrogen-bond acceptors (Lipinski definition) is 10. The molecule has 3 heterocycles. The lowest BCUT2D eigenvalue weighted by Gasteiger charge is -2.36. The number of amides is 4. The summed E-state index contributed by atoms with van der Waals surface area (Å²) in [6.07, 6.45) is 1.91. The molecule has 1 saturated heterocycles. The van der Waals surface area contributed by atoms with E-state index in [1.165, 1.54) is 0 Å². The van der Waals surface area contributed by atoms with Crippen molar-refractivity contribution in [2.45, 2.75) is 70.1 Å². The Morgan fingerprint density at radius 2 is 1.53 bits per heavy atom. The number of rotatable bonds is 9. The lowest BCUT2D eigenvalue weighted by Crippen LogP contribution is -2.54. The molecule has 4 amide bonds. The maximum Gasteiger partial charge on any atom is 0.420 e. The van der Waals surface area contributed by atoms with Crippen molar-refractivity contribution in [3.63, 3.8) is 0 Å². The second-order valence-electron chi connectivity index (χ2n) is 12.6. The molecule has 1 aromatic heterocycles. The lowest BCUT2D eigenvalue weighted by atomic mass is 9.78. The van der Waals surface area contributed by atoms with Crippen molar-refractivity contribution in [1.29, 1.82) is 0 Å². The van der Waals surface area contributed by atoms with Gasteiger partial charge in [0.15, 0.2) is 0 Å². The zero-order valence-corrected chi connectivity index (χ0v) is 26.1. The minimum Gasteiger partial charge on any atom is -0.490 e. The molecular formula is C35H33N5O7. The van der Waals surface area contributed by atoms with E-state index in [9.17, 15) is 19.2 Å². The molecule has 0 bridgehead atoms. The Labute approximate surface area is 270 Å². The van der Waals surface area contributed by atoms with E-state index in [0.29, 0.717) is 11.6 Å². The van der Waals surface area contributed by atoms with Crippen LogP contribution in [0.15, 0.2) is 71.1 Å². The van der Waals surface area contributed by atoms with Gasteiger partial charge in [-0.15, -0.1) is 5.10 Å². The van der Waals surface area contributed by atoms with Crippen LogP contribution in [0.4, 0.5) is 5.69 Å². The normalized spacial score (nSPS) is 20.8. The molecule has 2 fully saturated rings.